The number of anilines is 2. The molecule has 10 heteroatoms. The average Bonchev–Trinajstić information content (AvgIpc) is 3.36. The number of fused-ring (bicyclic) bond motifs is 1. The molecule has 3 aromatic rings. The molecule has 0 radical (unpaired) electrons. The van der Waals surface area contributed by atoms with Gasteiger partial charge in [0.05, 0.1) is 12.7 Å². The summed E-state index contributed by atoms with van der Waals surface area (Å²) in [5, 5.41) is 5.38. The first-order valence-corrected chi connectivity index (χ1v) is 11.0. The summed E-state index contributed by atoms with van der Waals surface area (Å²) in [5.74, 6) is 0.607. The third kappa shape index (κ3) is 6.23. The van der Waals surface area contributed by atoms with Crippen LogP contribution in [0.25, 0.3) is 0 Å². The molecule has 3 aromatic carbocycles. The van der Waals surface area contributed by atoms with E-state index in [0.29, 0.717) is 34.4 Å². The molecule has 186 valence electrons. The summed E-state index contributed by atoms with van der Waals surface area (Å²) in [6.45, 7) is 1.37. The maximum Gasteiger partial charge on any atom is 0.338 e. The third-order valence-corrected chi connectivity index (χ3v) is 5.11. The SMILES string of the molecule is COc1cccc(NC(=O)COc2ccc(C(=O)OC(C)C(=O)Nc3ccc4c(c3)OCO4)cc2)c1. The Morgan fingerprint density at radius 3 is 2.42 bits per heavy atom. The number of methoxy groups -OCH3 is 1. The molecule has 4 rings (SSSR count). The zero-order valence-electron chi connectivity index (χ0n) is 19.6. The number of carbonyl (C=O) groups excluding carboxylic acids is 3. The second kappa shape index (κ2) is 11.1. The molecule has 1 unspecified atom stereocenters. The lowest BCUT2D eigenvalue weighted by molar-refractivity contribution is -0.123. The molecule has 0 saturated heterocycles. The van der Waals surface area contributed by atoms with Gasteiger partial charge >= 0.3 is 5.97 Å². The van der Waals surface area contributed by atoms with E-state index >= 15 is 0 Å². The van der Waals surface area contributed by atoms with Crippen LogP contribution in [0.2, 0.25) is 0 Å². The van der Waals surface area contributed by atoms with Gasteiger partial charge in [0.1, 0.15) is 11.5 Å². The molecule has 36 heavy (non-hydrogen) atoms. The van der Waals surface area contributed by atoms with Crippen LogP contribution >= 0.6 is 0 Å². The van der Waals surface area contributed by atoms with Gasteiger partial charge in [0.25, 0.3) is 11.8 Å². The first-order valence-electron chi connectivity index (χ1n) is 11.0. The molecule has 0 fully saturated rings. The molecule has 1 aliphatic heterocycles. The Labute approximate surface area is 207 Å². The third-order valence-electron chi connectivity index (χ3n) is 5.11. The molecule has 1 heterocycles. The minimum Gasteiger partial charge on any atom is -0.497 e. The Morgan fingerprint density at radius 2 is 1.64 bits per heavy atom. The van der Waals surface area contributed by atoms with E-state index < -0.39 is 18.0 Å². The van der Waals surface area contributed by atoms with Gasteiger partial charge in [-0.2, -0.15) is 0 Å². The van der Waals surface area contributed by atoms with Gasteiger partial charge in [0.2, 0.25) is 6.79 Å². The number of benzene rings is 3. The van der Waals surface area contributed by atoms with Crippen molar-refractivity contribution in [3.05, 3.63) is 72.3 Å². The quantitative estimate of drug-likeness (QED) is 0.435. The Hall–Kier alpha value is -4.73. The van der Waals surface area contributed by atoms with E-state index in [4.69, 9.17) is 23.7 Å². The Bertz CT molecular complexity index is 1260. The van der Waals surface area contributed by atoms with Crippen molar-refractivity contribution >= 4 is 29.2 Å². The normalized spacial score (nSPS) is 12.3. The summed E-state index contributed by atoms with van der Waals surface area (Å²) < 4.78 is 26.4. The number of carbonyl (C=O) groups is 3. The largest absolute Gasteiger partial charge is 0.497 e. The van der Waals surface area contributed by atoms with Crippen LogP contribution in [-0.2, 0) is 14.3 Å². The number of hydrogen-bond acceptors (Lipinski definition) is 8. The summed E-state index contributed by atoms with van der Waals surface area (Å²) in [4.78, 5) is 37.0. The topological polar surface area (TPSA) is 121 Å². The zero-order chi connectivity index (χ0) is 25.5. The second-order valence-corrected chi connectivity index (χ2v) is 7.70. The van der Waals surface area contributed by atoms with Gasteiger partial charge in [-0.05, 0) is 55.5 Å². The fraction of sp³-hybridized carbons (Fsp3) is 0.192. The molecule has 2 N–H and O–H groups in total. The van der Waals surface area contributed by atoms with Crippen LogP contribution in [0, 0.1) is 0 Å². The summed E-state index contributed by atoms with van der Waals surface area (Å²) in [5.41, 5.74) is 1.30. The Morgan fingerprint density at radius 1 is 0.889 bits per heavy atom. The van der Waals surface area contributed by atoms with Gasteiger partial charge in [-0.15, -0.1) is 0 Å². The molecular formula is C26H24N2O8. The Kier molecular flexibility index (Phi) is 7.54. The van der Waals surface area contributed by atoms with Crippen molar-refractivity contribution in [2.24, 2.45) is 0 Å². The predicted molar refractivity (Wildman–Crippen MR) is 130 cm³/mol. The highest BCUT2D eigenvalue weighted by molar-refractivity contribution is 5.97. The molecule has 1 atom stereocenters. The van der Waals surface area contributed by atoms with Crippen molar-refractivity contribution in [3.63, 3.8) is 0 Å². The predicted octanol–water partition coefficient (Wildman–Crippen LogP) is 3.63. The second-order valence-electron chi connectivity index (χ2n) is 7.70. The van der Waals surface area contributed by atoms with E-state index in [2.05, 4.69) is 10.6 Å². The number of nitrogens with one attached hydrogen (secondary N) is 2. The molecule has 0 aliphatic carbocycles. The first-order chi connectivity index (χ1) is 17.4. The van der Waals surface area contributed by atoms with Crippen molar-refractivity contribution in [1.29, 1.82) is 0 Å². The lowest BCUT2D eigenvalue weighted by atomic mass is 10.2. The van der Waals surface area contributed by atoms with Gasteiger partial charge in [0, 0.05) is 23.5 Å². The van der Waals surface area contributed by atoms with Crippen LogP contribution in [0.1, 0.15) is 17.3 Å². The number of esters is 1. The van der Waals surface area contributed by atoms with Crippen LogP contribution in [-0.4, -0.2) is 44.4 Å². The van der Waals surface area contributed by atoms with E-state index in [1.807, 2.05) is 0 Å². The van der Waals surface area contributed by atoms with E-state index in [1.54, 1.807) is 49.6 Å². The number of ether oxygens (including phenoxy) is 5. The van der Waals surface area contributed by atoms with Gasteiger partial charge < -0.3 is 34.3 Å². The zero-order valence-corrected chi connectivity index (χ0v) is 19.6. The van der Waals surface area contributed by atoms with Crippen LogP contribution in [0.15, 0.2) is 66.7 Å². The van der Waals surface area contributed by atoms with Crippen molar-refractivity contribution in [3.8, 4) is 23.0 Å². The highest BCUT2D eigenvalue weighted by atomic mass is 16.7. The molecule has 0 spiro atoms. The standard InChI is InChI=1S/C26H24N2O8/c1-16(25(30)28-19-8-11-22-23(13-19)35-15-34-22)36-26(31)17-6-9-20(10-7-17)33-14-24(29)27-18-4-3-5-21(12-18)32-2/h3-13,16H,14-15H2,1-2H3,(H,27,29)(H,28,30). The molecule has 0 bridgehead atoms. The molecule has 1 aliphatic rings. The number of rotatable bonds is 9. The molecule has 2 amide bonds. The average molecular weight is 492 g/mol. The van der Waals surface area contributed by atoms with Crippen LogP contribution in [0.5, 0.6) is 23.0 Å². The van der Waals surface area contributed by atoms with Crippen LogP contribution in [0.4, 0.5) is 11.4 Å². The van der Waals surface area contributed by atoms with Crippen LogP contribution in [0.3, 0.4) is 0 Å². The maximum absolute atomic E-state index is 12.4. The van der Waals surface area contributed by atoms with Gasteiger partial charge in [-0.3, -0.25) is 9.59 Å². The van der Waals surface area contributed by atoms with Gasteiger partial charge in [0.15, 0.2) is 24.2 Å². The Balaban J connectivity index is 1.24. The fourth-order valence-electron chi connectivity index (χ4n) is 3.23. The maximum atomic E-state index is 12.4. The summed E-state index contributed by atoms with van der Waals surface area (Å²) >= 11 is 0. The number of hydrogen-bond donors (Lipinski definition) is 2. The minimum absolute atomic E-state index is 0.126. The smallest absolute Gasteiger partial charge is 0.338 e. The van der Waals surface area contributed by atoms with E-state index in [9.17, 15) is 14.4 Å². The monoisotopic (exact) mass is 492 g/mol. The summed E-state index contributed by atoms with van der Waals surface area (Å²) in [6.07, 6.45) is -1.04. The van der Waals surface area contributed by atoms with Gasteiger partial charge in [-0.1, -0.05) is 6.07 Å². The lowest BCUT2D eigenvalue weighted by Crippen LogP contribution is -2.30. The van der Waals surface area contributed by atoms with Crippen molar-refractivity contribution in [1.82, 2.24) is 0 Å². The molecule has 10 nitrogen and oxygen atoms in total. The van der Waals surface area contributed by atoms with E-state index in [0.717, 1.165) is 0 Å². The molecular weight excluding hydrogens is 468 g/mol. The van der Waals surface area contributed by atoms with E-state index in [1.165, 1.54) is 31.2 Å². The fourth-order valence-corrected chi connectivity index (χ4v) is 3.23. The van der Waals surface area contributed by atoms with Crippen molar-refractivity contribution in [2.75, 3.05) is 31.1 Å². The summed E-state index contributed by atoms with van der Waals surface area (Å²) in [7, 11) is 1.54. The highest BCUT2D eigenvalue weighted by Gasteiger charge is 2.21. The van der Waals surface area contributed by atoms with Crippen molar-refractivity contribution < 1.29 is 38.1 Å². The van der Waals surface area contributed by atoms with E-state index in [-0.39, 0.29) is 24.9 Å². The lowest BCUT2D eigenvalue weighted by Gasteiger charge is -2.14. The summed E-state index contributed by atoms with van der Waals surface area (Å²) in [6, 6.07) is 18.0. The first kappa shape index (κ1) is 24.4. The van der Waals surface area contributed by atoms with Gasteiger partial charge in [-0.25, -0.2) is 4.79 Å². The van der Waals surface area contributed by atoms with Crippen molar-refractivity contribution in [2.45, 2.75) is 13.0 Å². The molecule has 0 saturated carbocycles. The highest BCUT2D eigenvalue weighted by Crippen LogP contribution is 2.34. The number of amides is 2. The molecule has 0 aromatic heterocycles. The minimum atomic E-state index is -1.04. The van der Waals surface area contributed by atoms with Crippen LogP contribution < -0.4 is 29.6 Å².